The third kappa shape index (κ3) is 3.66. The summed E-state index contributed by atoms with van der Waals surface area (Å²) in [5, 5.41) is 2.72. The summed E-state index contributed by atoms with van der Waals surface area (Å²) in [5.41, 5.74) is 0.318. The summed E-state index contributed by atoms with van der Waals surface area (Å²) >= 11 is 0. The SMILES string of the molecule is CCOC(=O)C(NC)c1ccccc1OC(F)F. The molecule has 0 aromatic heterocycles. The lowest BCUT2D eigenvalue weighted by atomic mass is 10.1. The summed E-state index contributed by atoms with van der Waals surface area (Å²) in [7, 11) is 1.54. The van der Waals surface area contributed by atoms with E-state index in [1.807, 2.05) is 0 Å². The number of nitrogens with one attached hydrogen (secondary N) is 1. The maximum atomic E-state index is 12.3. The van der Waals surface area contributed by atoms with Crippen LogP contribution in [-0.2, 0) is 9.53 Å². The maximum Gasteiger partial charge on any atom is 0.387 e. The second kappa shape index (κ2) is 6.90. The van der Waals surface area contributed by atoms with E-state index in [4.69, 9.17) is 4.74 Å². The first-order valence-electron chi connectivity index (χ1n) is 5.47. The molecule has 0 saturated carbocycles. The van der Waals surface area contributed by atoms with Gasteiger partial charge in [0.15, 0.2) is 0 Å². The number of hydrogen-bond acceptors (Lipinski definition) is 4. The second-order valence-electron chi connectivity index (χ2n) is 3.39. The van der Waals surface area contributed by atoms with Crippen LogP contribution in [0.4, 0.5) is 8.78 Å². The zero-order valence-electron chi connectivity index (χ0n) is 10.2. The van der Waals surface area contributed by atoms with Crippen LogP contribution < -0.4 is 10.1 Å². The summed E-state index contributed by atoms with van der Waals surface area (Å²) in [5.74, 6) is -0.579. The zero-order valence-corrected chi connectivity index (χ0v) is 10.2. The van der Waals surface area contributed by atoms with Gasteiger partial charge >= 0.3 is 12.6 Å². The molecule has 0 radical (unpaired) electrons. The van der Waals surface area contributed by atoms with Gasteiger partial charge in [0, 0.05) is 5.56 Å². The molecule has 1 aromatic rings. The first kappa shape index (κ1) is 14.4. The average Bonchev–Trinajstić information content (AvgIpc) is 2.32. The molecule has 0 saturated heterocycles. The van der Waals surface area contributed by atoms with Crippen LogP contribution in [0.3, 0.4) is 0 Å². The molecule has 1 atom stereocenters. The van der Waals surface area contributed by atoms with Crippen LogP contribution in [0.1, 0.15) is 18.5 Å². The van der Waals surface area contributed by atoms with E-state index in [1.54, 1.807) is 26.1 Å². The number of carbonyl (C=O) groups is 1. The minimum atomic E-state index is -2.94. The van der Waals surface area contributed by atoms with Crippen LogP contribution in [0.2, 0.25) is 0 Å². The minimum absolute atomic E-state index is 0.0418. The van der Waals surface area contributed by atoms with Crippen molar-refractivity contribution in [1.29, 1.82) is 0 Å². The number of halogens is 2. The van der Waals surface area contributed by atoms with Crippen molar-refractivity contribution < 1.29 is 23.0 Å². The molecule has 4 nitrogen and oxygen atoms in total. The standard InChI is InChI=1S/C12H15F2NO3/c1-3-17-11(16)10(15-2)8-6-4-5-7-9(8)18-12(13)14/h4-7,10,12,15H,3H2,1-2H3. The fourth-order valence-corrected chi connectivity index (χ4v) is 1.55. The van der Waals surface area contributed by atoms with E-state index in [0.717, 1.165) is 0 Å². The normalized spacial score (nSPS) is 12.3. The van der Waals surface area contributed by atoms with Gasteiger partial charge in [0.2, 0.25) is 0 Å². The Bertz CT molecular complexity index is 399. The van der Waals surface area contributed by atoms with Crippen molar-refractivity contribution in [2.24, 2.45) is 0 Å². The van der Waals surface area contributed by atoms with Crippen molar-refractivity contribution in [3.63, 3.8) is 0 Å². The van der Waals surface area contributed by atoms with Crippen LogP contribution in [0.15, 0.2) is 24.3 Å². The predicted molar refractivity (Wildman–Crippen MR) is 61.5 cm³/mol. The number of alkyl halides is 2. The molecule has 1 aromatic carbocycles. The lowest BCUT2D eigenvalue weighted by Gasteiger charge is -2.18. The Labute approximate surface area is 104 Å². The van der Waals surface area contributed by atoms with Crippen molar-refractivity contribution in [3.05, 3.63) is 29.8 Å². The van der Waals surface area contributed by atoms with Gasteiger partial charge in [-0.05, 0) is 20.0 Å². The number of ether oxygens (including phenoxy) is 2. The Hall–Kier alpha value is -1.69. The summed E-state index contributed by atoms with van der Waals surface area (Å²) in [6.07, 6.45) is 0. The van der Waals surface area contributed by atoms with Crippen molar-refractivity contribution >= 4 is 5.97 Å². The molecule has 0 spiro atoms. The molecule has 1 unspecified atom stereocenters. The lowest BCUT2D eigenvalue weighted by Crippen LogP contribution is -2.28. The molecular formula is C12H15F2NO3. The Morgan fingerprint density at radius 2 is 2.06 bits per heavy atom. The van der Waals surface area contributed by atoms with E-state index in [9.17, 15) is 13.6 Å². The largest absolute Gasteiger partial charge is 0.465 e. The van der Waals surface area contributed by atoms with E-state index in [0.29, 0.717) is 5.56 Å². The van der Waals surface area contributed by atoms with Gasteiger partial charge in [-0.1, -0.05) is 18.2 Å². The Balaban J connectivity index is 3.01. The highest BCUT2D eigenvalue weighted by Crippen LogP contribution is 2.27. The molecule has 1 N–H and O–H groups in total. The lowest BCUT2D eigenvalue weighted by molar-refractivity contribution is -0.145. The minimum Gasteiger partial charge on any atom is -0.465 e. The van der Waals surface area contributed by atoms with Crippen LogP contribution in [-0.4, -0.2) is 26.2 Å². The van der Waals surface area contributed by atoms with E-state index < -0.39 is 18.6 Å². The average molecular weight is 259 g/mol. The maximum absolute atomic E-state index is 12.3. The second-order valence-corrected chi connectivity index (χ2v) is 3.39. The summed E-state index contributed by atoms with van der Waals surface area (Å²) < 4.78 is 33.8. The Morgan fingerprint density at radius 3 is 2.61 bits per heavy atom. The quantitative estimate of drug-likeness (QED) is 0.795. The number of para-hydroxylation sites is 1. The van der Waals surface area contributed by atoms with Crippen molar-refractivity contribution in [3.8, 4) is 5.75 Å². The Morgan fingerprint density at radius 1 is 1.39 bits per heavy atom. The number of benzene rings is 1. The van der Waals surface area contributed by atoms with Gasteiger partial charge in [0.25, 0.3) is 0 Å². The highest BCUT2D eigenvalue weighted by molar-refractivity contribution is 5.78. The van der Waals surface area contributed by atoms with Gasteiger partial charge in [0.1, 0.15) is 11.8 Å². The van der Waals surface area contributed by atoms with Crippen molar-refractivity contribution in [2.75, 3.05) is 13.7 Å². The topological polar surface area (TPSA) is 47.6 Å². The van der Waals surface area contributed by atoms with Crippen LogP contribution in [0.5, 0.6) is 5.75 Å². The van der Waals surface area contributed by atoms with Crippen molar-refractivity contribution in [2.45, 2.75) is 19.6 Å². The smallest absolute Gasteiger partial charge is 0.387 e. The fourth-order valence-electron chi connectivity index (χ4n) is 1.55. The molecule has 0 bridgehead atoms. The number of carbonyl (C=O) groups excluding carboxylic acids is 1. The van der Waals surface area contributed by atoms with Gasteiger partial charge in [-0.2, -0.15) is 8.78 Å². The third-order valence-corrected chi connectivity index (χ3v) is 2.26. The van der Waals surface area contributed by atoms with Crippen LogP contribution in [0.25, 0.3) is 0 Å². The zero-order chi connectivity index (χ0) is 13.5. The van der Waals surface area contributed by atoms with E-state index >= 15 is 0 Å². The van der Waals surface area contributed by atoms with E-state index in [2.05, 4.69) is 10.1 Å². The number of hydrogen-bond donors (Lipinski definition) is 1. The molecule has 1 rings (SSSR count). The van der Waals surface area contributed by atoms with Crippen molar-refractivity contribution in [1.82, 2.24) is 5.32 Å². The molecule has 0 aliphatic rings. The highest BCUT2D eigenvalue weighted by Gasteiger charge is 2.24. The molecule has 0 aliphatic carbocycles. The fraction of sp³-hybridized carbons (Fsp3) is 0.417. The van der Waals surface area contributed by atoms with Gasteiger partial charge in [-0.3, -0.25) is 0 Å². The molecular weight excluding hydrogens is 244 g/mol. The van der Waals surface area contributed by atoms with Gasteiger partial charge in [-0.15, -0.1) is 0 Å². The number of rotatable bonds is 6. The van der Waals surface area contributed by atoms with E-state index in [-0.39, 0.29) is 12.4 Å². The molecule has 0 fully saturated rings. The highest BCUT2D eigenvalue weighted by atomic mass is 19.3. The van der Waals surface area contributed by atoms with Gasteiger partial charge in [0.05, 0.1) is 6.61 Å². The molecule has 0 amide bonds. The monoisotopic (exact) mass is 259 g/mol. The van der Waals surface area contributed by atoms with Gasteiger partial charge in [-0.25, -0.2) is 4.79 Å². The first-order valence-corrected chi connectivity index (χ1v) is 5.47. The van der Waals surface area contributed by atoms with Crippen LogP contribution >= 0.6 is 0 Å². The first-order chi connectivity index (χ1) is 8.60. The number of likely N-dealkylation sites (N-methyl/N-ethyl adjacent to an activating group) is 1. The molecule has 6 heteroatoms. The summed E-state index contributed by atoms with van der Waals surface area (Å²) in [6.45, 7) is -1.05. The Kier molecular flexibility index (Phi) is 5.51. The summed E-state index contributed by atoms with van der Waals surface area (Å²) in [4.78, 5) is 11.7. The van der Waals surface area contributed by atoms with Gasteiger partial charge < -0.3 is 14.8 Å². The predicted octanol–water partition coefficient (Wildman–Crippen LogP) is 2.11. The summed E-state index contributed by atoms with van der Waals surface area (Å²) in [6, 6.07) is 5.27. The molecule has 0 aliphatic heterocycles. The molecule has 100 valence electrons. The van der Waals surface area contributed by atoms with E-state index in [1.165, 1.54) is 12.1 Å². The third-order valence-electron chi connectivity index (χ3n) is 2.26. The number of esters is 1. The molecule has 18 heavy (non-hydrogen) atoms. The van der Waals surface area contributed by atoms with Crippen LogP contribution in [0, 0.1) is 0 Å². The molecule has 0 heterocycles.